The number of aromatic hydroxyl groups is 1. The number of hydrogen-bond donors (Lipinski definition) is 1. The van der Waals surface area contributed by atoms with Crippen molar-refractivity contribution in [3.8, 4) is 5.75 Å². The molecule has 1 unspecified atom stereocenters. The first kappa shape index (κ1) is 10.3. The lowest BCUT2D eigenvalue weighted by atomic mass is 9.98. The Bertz CT molecular complexity index is 610. The van der Waals surface area contributed by atoms with Gasteiger partial charge in [0.1, 0.15) is 11.8 Å². The van der Waals surface area contributed by atoms with Crippen LogP contribution in [0, 0.1) is 0 Å². The zero-order valence-electron chi connectivity index (χ0n) is 8.84. The van der Waals surface area contributed by atoms with E-state index in [4.69, 9.17) is 11.6 Å². The molecule has 0 fully saturated rings. The van der Waals surface area contributed by atoms with Gasteiger partial charge in [-0.15, -0.1) is 0 Å². The van der Waals surface area contributed by atoms with Crippen molar-refractivity contribution in [2.45, 2.75) is 6.04 Å². The van der Waals surface area contributed by atoms with Gasteiger partial charge in [-0.05, 0) is 18.2 Å². The molecule has 0 aliphatic carbocycles. The molecular weight excluding hydrogens is 236 g/mol. The molecule has 17 heavy (non-hydrogen) atoms. The van der Waals surface area contributed by atoms with Crippen LogP contribution in [0.5, 0.6) is 5.75 Å². The normalized spacial score (nSPS) is 17.1. The Morgan fingerprint density at radius 2 is 1.88 bits per heavy atom. The highest BCUT2D eigenvalue weighted by Crippen LogP contribution is 2.43. The fraction of sp³-hybridized carbons (Fsp3) is 0.0769. The summed E-state index contributed by atoms with van der Waals surface area (Å²) < 4.78 is 0. The first-order chi connectivity index (χ1) is 8.25. The van der Waals surface area contributed by atoms with Gasteiger partial charge in [0, 0.05) is 16.1 Å². The summed E-state index contributed by atoms with van der Waals surface area (Å²) in [6.07, 6.45) is 0. The third-order valence-corrected chi connectivity index (χ3v) is 3.03. The summed E-state index contributed by atoms with van der Waals surface area (Å²) in [5.41, 5.74) is 2.50. The summed E-state index contributed by atoms with van der Waals surface area (Å²) in [6.45, 7) is 0. The molecule has 1 aliphatic rings. The molecule has 0 spiro atoms. The van der Waals surface area contributed by atoms with Crippen molar-refractivity contribution >= 4 is 17.3 Å². The first-order valence-corrected chi connectivity index (χ1v) is 5.62. The van der Waals surface area contributed by atoms with Crippen molar-refractivity contribution in [1.82, 2.24) is 0 Å². The van der Waals surface area contributed by atoms with E-state index < -0.39 is 0 Å². The van der Waals surface area contributed by atoms with Crippen molar-refractivity contribution in [1.29, 1.82) is 0 Å². The van der Waals surface area contributed by atoms with Crippen LogP contribution in [-0.4, -0.2) is 5.11 Å². The zero-order chi connectivity index (χ0) is 11.8. The average Bonchev–Trinajstić information content (AvgIpc) is 2.72. The van der Waals surface area contributed by atoms with Gasteiger partial charge in [0.25, 0.3) is 0 Å². The van der Waals surface area contributed by atoms with E-state index >= 15 is 0 Å². The molecule has 1 N–H and O–H groups in total. The van der Waals surface area contributed by atoms with Gasteiger partial charge in [0.05, 0.1) is 5.69 Å². The van der Waals surface area contributed by atoms with Crippen LogP contribution in [0.3, 0.4) is 0 Å². The third-order valence-electron chi connectivity index (χ3n) is 2.80. The van der Waals surface area contributed by atoms with E-state index in [-0.39, 0.29) is 11.8 Å². The Morgan fingerprint density at radius 1 is 1.06 bits per heavy atom. The molecule has 0 amide bonds. The third kappa shape index (κ3) is 1.68. The minimum atomic E-state index is -0.233. The molecule has 1 heterocycles. The molecule has 3 rings (SSSR count). The van der Waals surface area contributed by atoms with Crippen LogP contribution in [0.2, 0.25) is 5.02 Å². The number of nitrogens with zero attached hydrogens (tertiary/aromatic N) is 2. The molecule has 0 saturated heterocycles. The number of fused-ring (bicyclic) bond motifs is 1. The van der Waals surface area contributed by atoms with E-state index in [1.165, 1.54) is 0 Å². The topological polar surface area (TPSA) is 45.0 Å². The van der Waals surface area contributed by atoms with Crippen LogP contribution in [0.25, 0.3) is 0 Å². The second-order valence-corrected chi connectivity index (χ2v) is 4.32. The Balaban J connectivity index is 2.11. The van der Waals surface area contributed by atoms with Gasteiger partial charge in [-0.25, -0.2) is 0 Å². The summed E-state index contributed by atoms with van der Waals surface area (Å²) >= 11 is 5.90. The van der Waals surface area contributed by atoms with E-state index in [9.17, 15) is 5.11 Å². The first-order valence-electron chi connectivity index (χ1n) is 5.24. The van der Waals surface area contributed by atoms with Gasteiger partial charge >= 0.3 is 0 Å². The predicted octanol–water partition coefficient (Wildman–Crippen LogP) is 4.23. The van der Waals surface area contributed by atoms with Crippen LogP contribution in [0.1, 0.15) is 17.2 Å². The highest BCUT2D eigenvalue weighted by Gasteiger charge is 2.24. The molecule has 2 aromatic carbocycles. The molecule has 0 aromatic heterocycles. The van der Waals surface area contributed by atoms with Gasteiger partial charge in [0.15, 0.2) is 0 Å². The lowest BCUT2D eigenvalue weighted by Crippen LogP contribution is -1.94. The molecule has 0 radical (unpaired) electrons. The van der Waals surface area contributed by atoms with Gasteiger partial charge in [-0.2, -0.15) is 10.2 Å². The highest BCUT2D eigenvalue weighted by atomic mass is 35.5. The number of hydrogen-bond acceptors (Lipinski definition) is 3. The molecule has 4 heteroatoms. The van der Waals surface area contributed by atoms with Crippen LogP contribution in [0.4, 0.5) is 5.69 Å². The summed E-state index contributed by atoms with van der Waals surface area (Å²) in [6, 6.07) is 12.4. The minimum absolute atomic E-state index is 0.233. The fourth-order valence-electron chi connectivity index (χ4n) is 1.97. The average molecular weight is 245 g/mol. The number of phenolic OH excluding ortho intramolecular Hbond substituents is 1. The molecule has 0 saturated carbocycles. The molecular formula is C13H9ClN2O. The van der Waals surface area contributed by atoms with E-state index in [1.807, 2.05) is 24.3 Å². The Morgan fingerprint density at radius 3 is 2.71 bits per heavy atom. The molecule has 2 aromatic rings. The number of halogens is 1. The van der Waals surface area contributed by atoms with Crippen molar-refractivity contribution in [3.05, 3.63) is 58.6 Å². The van der Waals surface area contributed by atoms with Crippen molar-refractivity contribution < 1.29 is 5.11 Å². The van der Waals surface area contributed by atoms with Gasteiger partial charge < -0.3 is 5.11 Å². The maximum Gasteiger partial charge on any atom is 0.127 e. The number of rotatable bonds is 1. The SMILES string of the molecule is Oc1ccccc1C1N=Nc2cc(Cl)ccc21. The molecule has 0 bridgehead atoms. The molecule has 84 valence electrons. The van der Waals surface area contributed by atoms with E-state index in [0.717, 1.165) is 16.8 Å². The standard InChI is InChI=1S/C13H9ClN2O/c14-8-5-6-9-11(7-8)15-16-13(9)10-3-1-2-4-12(10)17/h1-7,13,17H. The molecule has 3 nitrogen and oxygen atoms in total. The van der Waals surface area contributed by atoms with Crippen molar-refractivity contribution in [2.24, 2.45) is 10.2 Å². The Hall–Kier alpha value is -1.87. The zero-order valence-corrected chi connectivity index (χ0v) is 9.59. The van der Waals surface area contributed by atoms with Crippen LogP contribution in [-0.2, 0) is 0 Å². The summed E-state index contributed by atoms with van der Waals surface area (Å²) in [4.78, 5) is 0. The summed E-state index contributed by atoms with van der Waals surface area (Å²) in [5, 5.41) is 18.7. The van der Waals surface area contributed by atoms with Crippen LogP contribution < -0.4 is 0 Å². The number of azo groups is 1. The Labute approximate surface area is 103 Å². The molecule has 1 aliphatic heterocycles. The maximum atomic E-state index is 9.82. The van der Waals surface area contributed by atoms with Gasteiger partial charge in [0.2, 0.25) is 0 Å². The molecule has 1 atom stereocenters. The monoisotopic (exact) mass is 244 g/mol. The van der Waals surface area contributed by atoms with E-state index in [0.29, 0.717) is 5.02 Å². The van der Waals surface area contributed by atoms with E-state index in [1.54, 1.807) is 18.2 Å². The number of para-hydroxylation sites is 1. The van der Waals surface area contributed by atoms with Crippen LogP contribution >= 0.6 is 11.6 Å². The highest BCUT2D eigenvalue weighted by molar-refractivity contribution is 6.30. The predicted molar refractivity (Wildman–Crippen MR) is 65.9 cm³/mol. The fourth-order valence-corrected chi connectivity index (χ4v) is 2.13. The number of phenols is 1. The maximum absolute atomic E-state index is 9.82. The smallest absolute Gasteiger partial charge is 0.127 e. The summed E-state index contributed by atoms with van der Waals surface area (Å²) in [5.74, 6) is 0.235. The quantitative estimate of drug-likeness (QED) is 0.802. The van der Waals surface area contributed by atoms with Crippen molar-refractivity contribution in [2.75, 3.05) is 0 Å². The lowest BCUT2D eigenvalue weighted by molar-refractivity contribution is 0.465. The van der Waals surface area contributed by atoms with Gasteiger partial charge in [-0.1, -0.05) is 35.9 Å². The van der Waals surface area contributed by atoms with E-state index in [2.05, 4.69) is 10.2 Å². The summed E-state index contributed by atoms with van der Waals surface area (Å²) in [7, 11) is 0. The van der Waals surface area contributed by atoms with Crippen molar-refractivity contribution in [3.63, 3.8) is 0 Å². The minimum Gasteiger partial charge on any atom is -0.508 e. The Kier molecular flexibility index (Phi) is 2.34. The number of benzene rings is 2. The second kappa shape index (κ2) is 3.86. The van der Waals surface area contributed by atoms with Gasteiger partial charge in [-0.3, -0.25) is 0 Å². The lowest BCUT2D eigenvalue weighted by Gasteiger charge is -2.09. The van der Waals surface area contributed by atoms with Crippen LogP contribution in [0.15, 0.2) is 52.7 Å². The largest absolute Gasteiger partial charge is 0.508 e. The second-order valence-electron chi connectivity index (χ2n) is 3.88.